The average molecular weight is 255 g/mol. The van der Waals surface area contributed by atoms with Crippen molar-refractivity contribution in [3.8, 4) is 5.75 Å². The van der Waals surface area contributed by atoms with Gasteiger partial charge < -0.3 is 4.74 Å². The van der Waals surface area contributed by atoms with Gasteiger partial charge in [0.15, 0.2) is 5.78 Å². The van der Waals surface area contributed by atoms with Gasteiger partial charge in [0.25, 0.3) is 0 Å². The number of rotatable bonds is 1. The van der Waals surface area contributed by atoms with Crippen molar-refractivity contribution in [3.63, 3.8) is 0 Å². The maximum Gasteiger partial charge on any atom is 0.177 e. The zero-order valence-electron chi connectivity index (χ0n) is 8.13. The van der Waals surface area contributed by atoms with Crippen LogP contribution in [0, 0.1) is 6.92 Å². The second-order valence-corrected chi connectivity index (χ2v) is 4.58. The van der Waals surface area contributed by atoms with Gasteiger partial charge >= 0.3 is 0 Å². The van der Waals surface area contributed by atoms with Gasteiger partial charge in [0.05, 0.1) is 11.9 Å². The van der Waals surface area contributed by atoms with Gasteiger partial charge in [0.1, 0.15) is 5.75 Å². The van der Waals surface area contributed by atoms with E-state index in [-0.39, 0.29) is 10.6 Å². The zero-order valence-corrected chi connectivity index (χ0v) is 9.72. The number of carbonyl (C=O) groups is 1. The smallest absolute Gasteiger partial charge is 0.177 e. The van der Waals surface area contributed by atoms with E-state index in [1.807, 2.05) is 19.1 Å². The molecule has 0 saturated carbocycles. The molecule has 1 aliphatic carbocycles. The molecule has 0 fully saturated rings. The van der Waals surface area contributed by atoms with Crippen LogP contribution in [0.3, 0.4) is 0 Å². The molecule has 0 spiro atoms. The van der Waals surface area contributed by atoms with Gasteiger partial charge in [-0.1, -0.05) is 28.1 Å². The van der Waals surface area contributed by atoms with Crippen LogP contribution in [0.2, 0.25) is 0 Å². The Morgan fingerprint density at radius 3 is 2.86 bits per heavy atom. The molecule has 1 aromatic rings. The second kappa shape index (κ2) is 3.39. The van der Waals surface area contributed by atoms with E-state index in [2.05, 4.69) is 15.9 Å². The highest BCUT2D eigenvalue weighted by Gasteiger charge is 2.31. The molecule has 1 aromatic carbocycles. The molecule has 1 atom stereocenters. The summed E-state index contributed by atoms with van der Waals surface area (Å²) in [7, 11) is 1.65. The number of halogens is 1. The standard InChI is InChI=1S/C11H11BrO2/c1-6-3-4-7-8(11(6)14-2)5-9(12)10(7)13/h3-4,9H,5H2,1-2H3. The summed E-state index contributed by atoms with van der Waals surface area (Å²) in [6, 6.07) is 3.82. The Hall–Kier alpha value is -0.830. The quantitative estimate of drug-likeness (QED) is 0.721. The Balaban J connectivity index is 2.62. The molecule has 0 bridgehead atoms. The molecule has 0 N–H and O–H groups in total. The van der Waals surface area contributed by atoms with Crippen LogP contribution in [0.4, 0.5) is 0 Å². The number of alkyl halides is 1. The number of fused-ring (bicyclic) bond motifs is 1. The van der Waals surface area contributed by atoms with Crippen LogP contribution >= 0.6 is 15.9 Å². The molecule has 0 amide bonds. The predicted molar refractivity (Wildman–Crippen MR) is 58.5 cm³/mol. The average Bonchev–Trinajstić information content (AvgIpc) is 2.43. The largest absolute Gasteiger partial charge is 0.496 e. The first-order valence-electron chi connectivity index (χ1n) is 4.50. The van der Waals surface area contributed by atoms with Gasteiger partial charge in [-0.2, -0.15) is 0 Å². The topological polar surface area (TPSA) is 26.3 Å². The van der Waals surface area contributed by atoms with Gasteiger partial charge in [0.2, 0.25) is 0 Å². The van der Waals surface area contributed by atoms with Crippen LogP contribution in [-0.2, 0) is 6.42 Å². The molecule has 3 heteroatoms. The third-order valence-electron chi connectivity index (χ3n) is 2.59. The summed E-state index contributed by atoms with van der Waals surface area (Å²) in [6.07, 6.45) is 0.735. The van der Waals surface area contributed by atoms with Crippen molar-refractivity contribution in [2.24, 2.45) is 0 Å². The number of ketones is 1. The number of benzene rings is 1. The molecule has 0 radical (unpaired) electrons. The number of Topliss-reactive ketones (excluding diaryl/α,β-unsaturated/α-hetero) is 1. The maximum absolute atomic E-state index is 11.7. The van der Waals surface area contributed by atoms with Gasteiger partial charge in [0, 0.05) is 11.1 Å². The number of hydrogen-bond acceptors (Lipinski definition) is 2. The lowest BCUT2D eigenvalue weighted by Gasteiger charge is -2.09. The Morgan fingerprint density at radius 1 is 1.50 bits per heavy atom. The first-order valence-corrected chi connectivity index (χ1v) is 5.41. The SMILES string of the molecule is COc1c(C)ccc2c1CC(Br)C2=O. The third kappa shape index (κ3) is 1.27. The van der Waals surface area contributed by atoms with E-state index in [0.29, 0.717) is 0 Å². The Kier molecular flexibility index (Phi) is 2.35. The number of aryl methyl sites for hydroxylation is 1. The highest BCUT2D eigenvalue weighted by Crippen LogP contribution is 2.35. The minimum absolute atomic E-state index is 0.0757. The molecule has 0 aliphatic heterocycles. The molecule has 1 unspecified atom stereocenters. The lowest BCUT2D eigenvalue weighted by Crippen LogP contribution is -2.05. The minimum atomic E-state index is -0.0757. The van der Waals surface area contributed by atoms with Gasteiger partial charge in [-0.05, 0) is 18.9 Å². The first kappa shape index (κ1) is 9.71. The Morgan fingerprint density at radius 2 is 2.21 bits per heavy atom. The highest BCUT2D eigenvalue weighted by molar-refractivity contribution is 9.10. The van der Waals surface area contributed by atoms with Crippen molar-refractivity contribution in [3.05, 3.63) is 28.8 Å². The van der Waals surface area contributed by atoms with E-state index in [9.17, 15) is 4.79 Å². The van der Waals surface area contributed by atoms with Crippen molar-refractivity contribution < 1.29 is 9.53 Å². The lowest BCUT2D eigenvalue weighted by atomic mass is 10.1. The zero-order chi connectivity index (χ0) is 10.3. The van der Waals surface area contributed by atoms with Crippen LogP contribution in [-0.4, -0.2) is 17.7 Å². The van der Waals surface area contributed by atoms with E-state index >= 15 is 0 Å². The van der Waals surface area contributed by atoms with Crippen LogP contribution in [0.15, 0.2) is 12.1 Å². The highest BCUT2D eigenvalue weighted by atomic mass is 79.9. The molecule has 2 nitrogen and oxygen atoms in total. The van der Waals surface area contributed by atoms with Crippen LogP contribution in [0.1, 0.15) is 21.5 Å². The van der Waals surface area contributed by atoms with Crippen molar-refractivity contribution in [1.82, 2.24) is 0 Å². The second-order valence-electron chi connectivity index (χ2n) is 3.48. The van der Waals surface area contributed by atoms with Crippen LogP contribution in [0.5, 0.6) is 5.75 Å². The van der Waals surface area contributed by atoms with Crippen LogP contribution in [0.25, 0.3) is 0 Å². The summed E-state index contributed by atoms with van der Waals surface area (Å²) in [5.74, 6) is 1.02. The summed E-state index contributed by atoms with van der Waals surface area (Å²) in [5.41, 5.74) is 2.93. The monoisotopic (exact) mass is 254 g/mol. The van der Waals surface area contributed by atoms with E-state index in [1.165, 1.54) is 0 Å². The fourth-order valence-electron chi connectivity index (χ4n) is 1.90. The fourth-order valence-corrected chi connectivity index (χ4v) is 2.47. The van der Waals surface area contributed by atoms with Crippen molar-refractivity contribution in [2.75, 3.05) is 7.11 Å². The summed E-state index contributed by atoms with van der Waals surface area (Å²) < 4.78 is 5.31. The van der Waals surface area contributed by atoms with Gasteiger partial charge in [-0.3, -0.25) is 4.79 Å². The summed E-state index contributed by atoms with van der Waals surface area (Å²) in [6.45, 7) is 1.99. The van der Waals surface area contributed by atoms with Crippen molar-refractivity contribution in [2.45, 2.75) is 18.2 Å². The van der Waals surface area contributed by atoms with E-state index in [4.69, 9.17) is 4.74 Å². The fraction of sp³-hybridized carbons (Fsp3) is 0.364. The number of methoxy groups -OCH3 is 1. The number of carbonyl (C=O) groups excluding carboxylic acids is 1. The molecule has 0 saturated heterocycles. The Bertz CT molecular complexity index is 399. The molecule has 1 aliphatic rings. The van der Waals surface area contributed by atoms with E-state index in [1.54, 1.807) is 7.11 Å². The Labute approximate surface area is 91.4 Å². The predicted octanol–water partition coefficient (Wildman–Crippen LogP) is 2.51. The summed E-state index contributed by atoms with van der Waals surface area (Å²) >= 11 is 3.37. The molecule has 14 heavy (non-hydrogen) atoms. The third-order valence-corrected chi connectivity index (χ3v) is 3.33. The lowest BCUT2D eigenvalue weighted by molar-refractivity contribution is 0.100. The minimum Gasteiger partial charge on any atom is -0.496 e. The van der Waals surface area contributed by atoms with E-state index < -0.39 is 0 Å². The molecule has 0 heterocycles. The van der Waals surface area contributed by atoms with Crippen LogP contribution < -0.4 is 4.74 Å². The van der Waals surface area contributed by atoms with E-state index in [0.717, 1.165) is 28.9 Å². The van der Waals surface area contributed by atoms with Crippen molar-refractivity contribution >= 4 is 21.7 Å². The molecule has 2 rings (SSSR count). The molecule has 74 valence electrons. The normalized spacial score (nSPS) is 19.6. The summed E-state index contributed by atoms with van der Waals surface area (Å²) in [5, 5.41) is 0. The molecular weight excluding hydrogens is 244 g/mol. The molecular formula is C11H11BrO2. The maximum atomic E-state index is 11.7. The first-order chi connectivity index (χ1) is 6.65. The number of hydrogen-bond donors (Lipinski definition) is 0. The molecule has 0 aromatic heterocycles. The van der Waals surface area contributed by atoms with Gasteiger partial charge in [-0.15, -0.1) is 0 Å². The van der Waals surface area contributed by atoms with Crippen molar-refractivity contribution in [1.29, 1.82) is 0 Å². The summed E-state index contributed by atoms with van der Waals surface area (Å²) in [4.78, 5) is 11.6. The number of ether oxygens (including phenoxy) is 1. The van der Waals surface area contributed by atoms with Gasteiger partial charge in [-0.25, -0.2) is 0 Å².